The van der Waals surface area contributed by atoms with Gasteiger partial charge in [-0.3, -0.25) is 0 Å². The molecule has 4 aromatic rings. The van der Waals surface area contributed by atoms with Crippen LogP contribution in [-0.4, -0.2) is 28.9 Å². The van der Waals surface area contributed by atoms with Crippen molar-refractivity contribution in [2.75, 3.05) is 7.11 Å². The maximum atomic E-state index is 12.4. The standard InChI is InChI=1S/C28H30N2O4/c1-19(2)34-23-14-8-20(9-15-23)16-29-17-25-24-6-4-5-7-26(24)30(27(25)28(31)32)18-21-10-12-22(33-3)13-11-21/h4-15,19,29H,16-18H2,1-3H3,(H,31,32). The summed E-state index contributed by atoms with van der Waals surface area (Å²) in [5.74, 6) is 0.679. The van der Waals surface area contributed by atoms with Crippen molar-refractivity contribution in [1.29, 1.82) is 0 Å². The largest absolute Gasteiger partial charge is 0.497 e. The minimum Gasteiger partial charge on any atom is -0.497 e. The van der Waals surface area contributed by atoms with Gasteiger partial charge in [0.15, 0.2) is 0 Å². The molecule has 0 amide bonds. The van der Waals surface area contributed by atoms with Crippen molar-refractivity contribution in [1.82, 2.24) is 9.88 Å². The number of rotatable bonds is 10. The molecule has 0 aliphatic rings. The van der Waals surface area contributed by atoms with Gasteiger partial charge in [0.05, 0.1) is 13.2 Å². The Morgan fingerprint density at radius 3 is 2.21 bits per heavy atom. The molecule has 0 aliphatic carbocycles. The van der Waals surface area contributed by atoms with Crippen molar-refractivity contribution in [2.45, 2.75) is 39.6 Å². The zero-order valence-electron chi connectivity index (χ0n) is 19.7. The highest BCUT2D eigenvalue weighted by Gasteiger charge is 2.22. The number of nitrogens with zero attached hydrogens (tertiary/aromatic N) is 1. The molecule has 3 aromatic carbocycles. The molecule has 176 valence electrons. The normalized spacial score (nSPS) is 11.2. The fourth-order valence-corrected chi connectivity index (χ4v) is 4.17. The molecular formula is C28H30N2O4. The van der Waals surface area contributed by atoms with E-state index in [1.807, 2.05) is 91.2 Å². The zero-order chi connectivity index (χ0) is 24.1. The second-order valence-electron chi connectivity index (χ2n) is 8.50. The van der Waals surface area contributed by atoms with Crippen LogP contribution in [0.15, 0.2) is 72.8 Å². The van der Waals surface area contributed by atoms with Gasteiger partial charge >= 0.3 is 5.97 Å². The molecule has 0 unspecified atom stereocenters. The molecule has 6 heteroatoms. The lowest BCUT2D eigenvalue weighted by atomic mass is 10.1. The van der Waals surface area contributed by atoms with Crippen LogP contribution in [-0.2, 0) is 19.6 Å². The van der Waals surface area contributed by atoms with Crippen LogP contribution in [0.2, 0.25) is 0 Å². The smallest absolute Gasteiger partial charge is 0.352 e. The number of aromatic nitrogens is 1. The Kier molecular flexibility index (Phi) is 7.18. The second-order valence-corrected chi connectivity index (χ2v) is 8.50. The van der Waals surface area contributed by atoms with Crippen LogP contribution in [0.5, 0.6) is 11.5 Å². The molecule has 0 spiro atoms. The van der Waals surface area contributed by atoms with E-state index in [1.54, 1.807) is 7.11 Å². The number of para-hydroxylation sites is 1. The number of benzene rings is 3. The highest BCUT2D eigenvalue weighted by Crippen LogP contribution is 2.28. The third-order valence-electron chi connectivity index (χ3n) is 5.70. The van der Waals surface area contributed by atoms with Crippen molar-refractivity contribution in [3.8, 4) is 11.5 Å². The van der Waals surface area contributed by atoms with E-state index in [4.69, 9.17) is 9.47 Å². The third kappa shape index (κ3) is 5.24. The van der Waals surface area contributed by atoms with Gasteiger partial charge in [0.2, 0.25) is 0 Å². The summed E-state index contributed by atoms with van der Waals surface area (Å²) < 4.78 is 12.8. The van der Waals surface area contributed by atoms with Gasteiger partial charge in [-0.15, -0.1) is 0 Å². The number of nitrogens with one attached hydrogen (secondary N) is 1. The lowest BCUT2D eigenvalue weighted by Crippen LogP contribution is -2.17. The first kappa shape index (κ1) is 23.4. The van der Waals surface area contributed by atoms with Crippen LogP contribution in [0.1, 0.15) is 41.0 Å². The van der Waals surface area contributed by atoms with E-state index in [0.29, 0.717) is 25.3 Å². The maximum absolute atomic E-state index is 12.4. The first-order valence-corrected chi connectivity index (χ1v) is 11.4. The van der Waals surface area contributed by atoms with Crippen molar-refractivity contribution in [3.63, 3.8) is 0 Å². The molecule has 0 aliphatic heterocycles. The molecule has 34 heavy (non-hydrogen) atoms. The Hall–Kier alpha value is -3.77. The van der Waals surface area contributed by atoms with E-state index in [2.05, 4.69) is 5.32 Å². The fourth-order valence-electron chi connectivity index (χ4n) is 4.17. The Labute approximate surface area is 199 Å². The van der Waals surface area contributed by atoms with Crippen LogP contribution < -0.4 is 14.8 Å². The average molecular weight is 459 g/mol. The number of methoxy groups -OCH3 is 1. The molecule has 0 fully saturated rings. The molecule has 0 atom stereocenters. The van der Waals surface area contributed by atoms with E-state index >= 15 is 0 Å². The Bertz CT molecular complexity index is 1260. The molecule has 1 heterocycles. The van der Waals surface area contributed by atoms with Gasteiger partial charge in [-0.2, -0.15) is 0 Å². The van der Waals surface area contributed by atoms with Crippen LogP contribution >= 0.6 is 0 Å². The molecule has 0 saturated heterocycles. The minimum atomic E-state index is -0.934. The van der Waals surface area contributed by atoms with Crippen molar-refractivity contribution >= 4 is 16.9 Å². The second kappa shape index (κ2) is 10.4. The number of aromatic carboxylic acids is 1. The summed E-state index contributed by atoms with van der Waals surface area (Å²) in [6, 6.07) is 23.5. The number of carbonyl (C=O) groups is 1. The predicted octanol–water partition coefficient (Wildman–Crippen LogP) is 5.47. The van der Waals surface area contributed by atoms with Crippen molar-refractivity contribution in [2.24, 2.45) is 0 Å². The number of carboxylic acids is 1. The lowest BCUT2D eigenvalue weighted by molar-refractivity contribution is 0.0684. The van der Waals surface area contributed by atoms with Gasteiger partial charge in [-0.05, 0) is 55.3 Å². The van der Waals surface area contributed by atoms with Crippen LogP contribution in [0.25, 0.3) is 10.9 Å². The molecule has 0 saturated carbocycles. The van der Waals surface area contributed by atoms with Crippen molar-refractivity contribution < 1.29 is 19.4 Å². The first-order chi connectivity index (χ1) is 16.5. The van der Waals surface area contributed by atoms with Gasteiger partial charge in [0.25, 0.3) is 0 Å². The quantitative estimate of drug-likeness (QED) is 0.330. The molecule has 4 rings (SSSR count). The molecule has 6 nitrogen and oxygen atoms in total. The fraction of sp³-hybridized carbons (Fsp3) is 0.250. The number of fused-ring (bicyclic) bond motifs is 1. The Morgan fingerprint density at radius 1 is 0.912 bits per heavy atom. The summed E-state index contributed by atoms with van der Waals surface area (Å²) in [6.45, 7) is 5.53. The predicted molar refractivity (Wildman–Crippen MR) is 134 cm³/mol. The summed E-state index contributed by atoms with van der Waals surface area (Å²) in [5, 5.41) is 14.5. The number of carboxylic acid groups (broad SMARTS) is 1. The van der Waals surface area contributed by atoms with E-state index in [9.17, 15) is 9.90 Å². The molecule has 0 radical (unpaired) electrons. The molecule has 2 N–H and O–H groups in total. The van der Waals surface area contributed by atoms with E-state index in [1.165, 1.54) is 0 Å². The highest BCUT2D eigenvalue weighted by molar-refractivity contribution is 5.98. The van der Waals surface area contributed by atoms with Gasteiger partial charge in [-0.1, -0.05) is 42.5 Å². The van der Waals surface area contributed by atoms with Gasteiger partial charge in [-0.25, -0.2) is 4.79 Å². The summed E-state index contributed by atoms with van der Waals surface area (Å²) in [4.78, 5) is 12.4. The monoisotopic (exact) mass is 458 g/mol. The minimum absolute atomic E-state index is 0.133. The Morgan fingerprint density at radius 2 is 1.56 bits per heavy atom. The maximum Gasteiger partial charge on any atom is 0.352 e. The molecule has 0 bridgehead atoms. The Balaban J connectivity index is 1.58. The topological polar surface area (TPSA) is 72.7 Å². The summed E-state index contributed by atoms with van der Waals surface area (Å²) in [7, 11) is 1.63. The molecular weight excluding hydrogens is 428 g/mol. The number of hydrogen-bond donors (Lipinski definition) is 2. The first-order valence-electron chi connectivity index (χ1n) is 11.4. The van der Waals surface area contributed by atoms with Gasteiger partial charge < -0.3 is 24.5 Å². The van der Waals surface area contributed by atoms with Crippen LogP contribution in [0.4, 0.5) is 0 Å². The SMILES string of the molecule is COc1ccc(Cn2c(C(=O)O)c(CNCc3ccc(OC(C)C)cc3)c3ccccc32)cc1. The van der Waals surface area contributed by atoms with E-state index in [-0.39, 0.29) is 6.10 Å². The van der Waals surface area contributed by atoms with Crippen LogP contribution in [0, 0.1) is 0 Å². The van der Waals surface area contributed by atoms with E-state index < -0.39 is 5.97 Å². The summed E-state index contributed by atoms with van der Waals surface area (Å²) in [6.07, 6.45) is 0.133. The van der Waals surface area contributed by atoms with Gasteiger partial charge in [0, 0.05) is 36.1 Å². The number of hydrogen-bond acceptors (Lipinski definition) is 4. The van der Waals surface area contributed by atoms with Gasteiger partial charge in [0.1, 0.15) is 17.2 Å². The zero-order valence-corrected chi connectivity index (χ0v) is 19.7. The molecule has 1 aromatic heterocycles. The summed E-state index contributed by atoms with van der Waals surface area (Å²) in [5.41, 5.74) is 4.12. The van der Waals surface area contributed by atoms with Crippen LogP contribution in [0.3, 0.4) is 0 Å². The van der Waals surface area contributed by atoms with E-state index in [0.717, 1.165) is 39.1 Å². The van der Waals surface area contributed by atoms with Crippen molar-refractivity contribution in [3.05, 3.63) is 95.2 Å². The highest BCUT2D eigenvalue weighted by atomic mass is 16.5. The third-order valence-corrected chi connectivity index (χ3v) is 5.70. The summed E-state index contributed by atoms with van der Waals surface area (Å²) >= 11 is 0. The number of ether oxygens (including phenoxy) is 2. The average Bonchev–Trinajstić information content (AvgIpc) is 3.14. The lowest BCUT2D eigenvalue weighted by Gasteiger charge is -2.11.